The molecule has 0 fully saturated rings. The van der Waals surface area contributed by atoms with Crippen LogP contribution in [0.5, 0.6) is 0 Å². The van der Waals surface area contributed by atoms with Crippen molar-refractivity contribution in [3.05, 3.63) is 34.7 Å². The van der Waals surface area contributed by atoms with Crippen molar-refractivity contribution in [2.45, 2.75) is 26.2 Å². The van der Waals surface area contributed by atoms with Crippen LogP contribution in [0.4, 0.5) is 0 Å². The van der Waals surface area contributed by atoms with Crippen LogP contribution in [-0.2, 0) is 11.2 Å². The normalized spacial score (nSPS) is 11.2. The summed E-state index contributed by atoms with van der Waals surface area (Å²) in [7, 11) is 0. The number of carboxylic acid groups (broad SMARTS) is 1. The number of benzene rings is 1. The quantitative estimate of drug-likeness (QED) is 0.880. The summed E-state index contributed by atoms with van der Waals surface area (Å²) in [5.41, 5.74) is 2.23. The fourth-order valence-corrected chi connectivity index (χ4v) is 3.13. The van der Waals surface area contributed by atoms with Crippen molar-refractivity contribution >= 4 is 27.4 Å². The van der Waals surface area contributed by atoms with E-state index in [2.05, 4.69) is 25.3 Å². The molecule has 0 amide bonds. The van der Waals surface area contributed by atoms with E-state index in [1.165, 1.54) is 10.9 Å². The van der Waals surface area contributed by atoms with Gasteiger partial charge in [-0.05, 0) is 27.8 Å². The average Bonchev–Trinajstić information content (AvgIpc) is 2.61. The summed E-state index contributed by atoms with van der Waals surface area (Å²) in [4.78, 5) is 10.8. The predicted octanol–water partition coefficient (Wildman–Crippen LogP) is 3.65. The molecule has 0 aliphatic heterocycles. The summed E-state index contributed by atoms with van der Waals surface area (Å²) in [6.07, 6.45) is 0.107. The Hall–Kier alpha value is -1.35. The van der Waals surface area contributed by atoms with Gasteiger partial charge in [0.05, 0.1) is 6.42 Å². The molecule has 84 valence electrons. The summed E-state index contributed by atoms with van der Waals surface area (Å²) in [6, 6.07) is 5.92. The second kappa shape index (κ2) is 4.26. The van der Waals surface area contributed by atoms with Crippen molar-refractivity contribution in [3.8, 4) is 0 Å². The zero-order valence-corrected chi connectivity index (χ0v) is 10.2. The number of hydrogen-bond donors (Lipinski definition) is 1. The van der Waals surface area contributed by atoms with E-state index < -0.39 is 5.97 Å². The van der Waals surface area contributed by atoms with Gasteiger partial charge in [0, 0.05) is 4.70 Å². The van der Waals surface area contributed by atoms with E-state index in [9.17, 15) is 4.79 Å². The van der Waals surface area contributed by atoms with Crippen molar-refractivity contribution in [3.63, 3.8) is 0 Å². The molecule has 0 saturated heterocycles. The molecule has 0 unspecified atom stereocenters. The molecule has 0 spiro atoms. The van der Waals surface area contributed by atoms with Gasteiger partial charge in [-0.2, -0.15) is 0 Å². The van der Waals surface area contributed by atoms with Gasteiger partial charge in [0.15, 0.2) is 0 Å². The molecule has 0 saturated carbocycles. The van der Waals surface area contributed by atoms with Gasteiger partial charge in [0.1, 0.15) is 0 Å². The maximum Gasteiger partial charge on any atom is 0.307 e. The Morgan fingerprint density at radius 3 is 2.81 bits per heavy atom. The fourth-order valence-electron chi connectivity index (χ4n) is 1.89. The molecule has 2 nitrogen and oxygen atoms in total. The van der Waals surface area contributed by atoms with Gasteiger partial charge in [-0.25, -0.2) is 0 Å². The van der Waals surface area contributed by atoms with Crippen molar-refractivity contribution in [1.29, 1.82) is 0 Å². The minimum Gasteiger partial charge on any atom is -0.481 e. The van der Waals surface area contributed by atoms with Crippen LogP contribution < -0.4 is 0 Å². The van der Waals surface area contributed by atoms with Crippen LogP contribution in [0.2, 0.25) is 0 Å². The van der Waals surface area contributed by atoms with E-state index in [1.54, 1.807) is 11.3 Å². The molecule has 0 atom stereocenters. The van der Waals surface area contributed by atoms with Crippen LogP contribution >= 0.6 is 11.3 Å². The smallest absolute Gasteiger partial charge is 0.307 e. The van der Waals surface area contributed by atoms with Crippen LogP contribution in [-0.4, -0.2) is 11.1 Å². The predicted molar refractivity (Wildman–Crippen MR) is 67.3 cm³/mol. The van der Waals surface area contributed by atoms with E-state index in [4.69, 9.17) is 5.11 Å². The summed E-state index contributed by atoms with van der Waals surface area (Å²) >= 11 is 1.65. The van der Waals surface area contributed by atoms with Gasteiger partial charge < -0.3 is 5.11 Å². The molecule has 0 radical (unpaired) electrons. The molecule has 1 aromatic heterocycles. The van der Waals surface area contributed by atoms with E-state index in [0.29, 0.717) is 5.92 Å². The number of thiophene rings is 1. The Kier molecular flexibility index (Phi) is 2.97. The fraction of sp³-hybridized carbons (Fsp3) is 0.308. The highest BCUT2D eigenvalue weighted by Gasteiger charge is 2.11. The lowest BCUT2D eigenvalue weighted by Crippen LogP contribution is -1.99. The van der Waals surface area contributed by atoms with Crippen LogP contribution in [0.3, 0.4) is 0 Å². The Morgan fingerprint density at radius 2 is 2.19 bits per heavy atom. The van der Waals surface area contributed by atoms with Crippen LogP contribution in [0.25, 0.3) is 10.1 Å². The van der Waals surface area contributed by atoms with Crippen molar-refractivity contribution in [2.75, 3.05) is 0 Å². The average molecular weight is 234 g/mol. The van der Waals surface area contributed by atoms with E-state index >= 15 is 0 Å². The minimum absolute atomic E-state index is 0.107. The Balaban J connectivity index is 2.57. The summed E-state index contributed by atoms with van der Waals surface area (Å²) in [5.74, 6) is -0.291. The Bertz CT molecular complexity index is 526. The first-order valence-electron chi connectivity index (χ1n) is 5.30. The third kappa shape index (κ3) is 1.95. The SMILES string of the molecule is CC(C)c1csc2c(CC(=O)O)cccc12. The zero-order valence-electron chi connectivity index (χ0n) is 9.36. The van der Waals surface area contributed by atoms with Gasteiger partial charge in [-0.1, -0.05) is 32.0 Å². The standard InChI is InChI=1S/C13H14O2S/c1-8(2)11-7-16-13-9(6-12(14)15)4-3-5-10(11)13/h3-5,7-8H,6H2,1-2H3,(H,14,15). The molecular formula is C13H14O2S. The Morgan fingerprint density at radius 1 is 1.44 bits per heavy atom. The third-order valence-electron chi connectivity index (χ3n) is 2.68. The molecule has 0 bridgehead atoms. The van der Waals surface area contributed by atoms with Gasteiger partial charge in [-0.3, -0.25) is 4.79 Å². The summed E-state index contributed by atoms with van der Waals surface area (Å²) < 4.78 is 1.12. The first-order valence-corrected chi connectivity index (χ1v) is 6.18. The molecule has 3 heteroatoms. The number of carbonyl (C=O) groups is 1. The third-order valence-corrected chi connectivity index (χ3v) is 3.76. The molecular weight excluding hydrogens is 220 g/mol. The molecule has 1 N–H and O–H groups in total. The van der Waals surface area contributed by atoms with Crippen molar-refractivity contribution in [2.24, 2.45) is 0 Å². The second-order valence-electron chi connectivity index (χ2n) is 4.21. The number of rotatable bonds is 3. The van der Waals surface area contributed by atoms with Crippen molar-refractivity contribution in [1.82, 2.24) is 0 Å². The second-order valence-corrected chi connectivity index (χ2v) is 5.09. The maximum absolute atomic E-state index is 10.8. The first kappa shape index (κ1) is 11.1. The number of fused-ring (bicyclic) bond motifs is 1. The van der Waals surface area contributed by atoms with Gasteiger partial charge >= 0.3 is 5.97 Å². The van der Waals surface area contributed by atoms with Crippen molar-refractivity contribution < 1.29 is 9.90 Å². The Labute approximate surface area is 98.5 Å². The monoisotopic (exact) mass is 234 g/mol. The van der Waals surface area contributed by atoms with Crippen LogP contribution in [0.1, 0.15) is 30.9 Å². The van der Waals surface area contributed by atoms with Gasteiger partial charge in [-0.15, -0.1) is 11.3 Å². The van der Waals surface area contributed by atoms with Gasteiger partial charge in [0.25, 0.3) is 0 Å². The van der Waals surface area contributed by atoms with E-state index in [0.717, 1.165) is 10.3 Å². The molecule has 16 heavy (non-hydrogen) atoms. The van der Waals surface area contributed by atoms with E-state index in [-0.39, 0.29) is 6.42 Å². The lowest BCUT2D eigenvalue weighted by molar-refractivity contribution is -0.136. The van der Waals surface area contributed by atoms with Crippen LogP contribution in [0, 0.1) is 0 Å². The number of carboxylic acids is 1. The highest BCUT2D eigenvalue weighted by atomic mass is 32.1. The number of hydrogen-bond acceptors (Lipinski definition) is 2. The minimum atomic E-state index is -0.771. The topological polar surface area (TPSA) is 37.3 Å². The molecule has 1 heterocycles. The lowest BCUT2D eigenvalue weighted by atomic mass is 10.0. The highest BCUT2D eigenvalue weighted by Crippen LogP contribution is 2.33. The van der Waals surface area contributed by atoms with Gasteiger partial charge in [0.2, 0.25) is 0 Å². The van der Waals surface area contributed by atoms with Crippen LogP contribution in [0.15, 0.2) is 23.6 Å². The maximum atomic E-state index is 10.8. The molecule has 2 rings (SSSR count). The summed E-state index contributed by atoms with van der Waals surface area (Å²) in [5, 5.41) is 12.2. The molecule has 2 aromatic rings. The number of aliphatic carboxylic acids is 1. The summed E-state index contributed by atoms with van der Waals surface area (Å²) in [6.45, 7) is 4.32. The molecule has 1 aromatic carbocycles. The lowest BCUT2D eigenvalue weighted by Gasteiger charge is -2.04. The molecule has 0 aliphatic rings. The zero-order chi connectivity index (χ0) is 11.7. The van der Waals surface area contributed by atoms with E-state index in [1.807, 2.05) is 12.1 Å². The largest absolute Gasteiger partial charge is 0.481 e. The highest BCUT2D eigenvalue weighted by molar-refractivity contribution is 7.17. The molecule has 0 aliphatic carbocycles. The first-order chi connectivity index (χ1) is 7.59.